The predicted molar refractivity (Wildman–Crippen MR) is 76.0 cm³/mol. The number of amides is 1. The number of aromatic nitrogens is 1. The van der Waals surface area contributed by atoms with E-state index in [9.17, 15) is 4.79 Å². The second kappa shape index (κ2) is 7.71. The minimum absolute atomic E-state index is 0.0559. The molecule has 0 saturated carbocycles. The third kappa shape index (κ3) is 4.55. The summed E-state index contributed by atoms with van der Waals surface area (Å²) in [6, 6.07) is 0.124. The Morgan fingerprint density at radius 3 is 2.94 bits per heavy atom. The van der Waals surface area contributed by atoms with Crippen molar-refractivity contribution in [2.45, 2.75) is 32.2 Å². The topological polar surface area (TPSA) is 45.2 Å². The summed E-state index contributed by atoms with van der Waals surface area (Å²) >= 11 is 7.32. The molecule has 0 aliphatic heterocycles. The fourth-order valence-electron chi connectivity index (χ4n) is 1.45. The molecule has 1 aromatic heterocycles. The zero-order valence-corrected chi connectivity index (χ0v) is 12.6. The Balaban J connectivity index is 2.50. The van der Waals surface area contributed by atoms with Gasteiger partial charge in [0.15, 0.2) is 0 Å². The molecule has 0 aromatic carbocycles. The van der Waals surface area contributed by atoms with Crippen LogP contribution in [0.5, 0.6) is 0 Å². The van der Waals surface area contributed by atoms with Gasteiger partial charge in [0.2, 0.25) is 5.91 Å². The second-order valence-corrected chi connectivity index (χ2v) is 5.41. The third-order valence-corrected chi connectivity index (χ3v) is 4.03. The van der Waals surface area contributed by atoms with E-state index in [4.69, 9.17) is 11.6 Å². The quantitative estimate of drug-likeness (QED) is 0.784. The molecule has 1 atom stereocenters. The molecule has 1 heterocycles. The summed E-state index contributed by atoms with van der Waals surface area (Å²) in [5.41, 5.74) is 0.896. The number of alkyl halides is 1. The van der Waals surface area contributed by atoms with Crippen molar-refractivity contribution in [3.8, 4) is 0 Å². The number of rotatable bonds is 7. The molecule has 1 N–H and O–H groups in total. The van der Waals surface area contributed by atoms with Crippen LogP contribution in [-0.4, -0.2) is 35.9 Å². The van der Waals surface area contributed by atoms with E-state index in [-0.39, 0.29) is 11.9 Å². The van der Waals surface area contributed by atoms with Crippen LogP contribution in [0, 0.1) is 0 Å². The maximum absolute atomic E-state index is 11.6. The highest BCUT2D eigenvalue weighted by atomic mass is 35.5. The van der Waals surface area contributed by atoms with Crippen LogP contribution in [-0.2, 0) is 10.7 Å². The molecule has 0 aliphatic carbocycles. The van der Waals surface area contributed by atoms with Gasteiger partial charge in [0, 0.05) is 11.9 Å². The van der Waals surface area contributed by atoms with Gasteiger partial charge >= 0.3 is 0 Å². The molecule has 4 nitrogen and oxygen atoms in total. The lowest BCUT2D eigenvalue weighted by Crippen LogP contribution is -2.36. The van der Waals surface area contributed by atoms with Crippen molar-refractivity contribution in [2.75, 3.05) is 20.1 Å². The highest BCUT2D eigenvalue weighted by molar-refractivity contribution is 7.09. The van der Waals surface area contributed by atoms with E-state index in [0.717, 1.165) is 23.7 Å². The molecule has 0 fully saturated rings. The van der Waals surface area contributed by atoms with E-state index in [0.29, 0.717) is 12.4 Å². The van der Waals surface area contributed by atoms with E-state index < -0.39 is 0 Å². The van der Waals surface area contributed by atoms with Crippen LogP contribution in [0.2, 0.25) is 0 Å². The van der Waals surface area contributed by atoms with Crippen molar-refractivity contribution in [3.05, 3.63) is 16.1 Å². The number of carbonyl (C=O) groups excluding carboxylic acids is 1. The Labute approximate surface area is 117 Å². The second-order valence-electron chi connectivity index (χ2n) is 4.25. The molecule has 1 rings (SSSR count). The van der Waals surface area contributed by atoms with Crippen molar-refractivity contribution < 1.29 is 4.79 Å². The van der Waals surface area contributed by atoms with Crippen LogP contribution in [0.3, 0.4) is 0 Å². The van der Waals surface area contributed by atoms with E-state index >= 15 is 0 Å². The zero-order chi connectivity index (χ0) is 13.5. The smallest absolute Gasteiger partial charge is 0.234 e. The van der Waals surface area contributed by atoms with E-state index in [1.54, 1.807) is 11.3 Å². The Morgan fingerprint density at radius 1 is 1.67 bits per heavy atom. The molecular weight excluding hydrogens is 270 g/mol. The molecule has 18 heavy (non-hydrogen) atoms. The lowest BCUT2D eigenvalue weighted by atomic mass is 10.3. The number of nitrogens with one attached hydrogen (secondary N) is 1. The first kappa shape index (κ1) is 15.4. The van der Waals surface area contributed by atoms with E-state index in [1.165, 1.54) is 0 Å². The first-order valence-corrected chi connectivity index (χ1v) is 7.47. The number of hydrogen-bond donors (Lipinski definition) is 1. The average Bonchev–Trinajstić information content (AvgIpc) is 2.83. The van der Waals surface area contributed by atoms with Crippen molar-refractivity contribution in [1.82, 2.24) is 15.2 Å². The molecule has 0 saturated heterocycles. The van der Waals surface area contributed by atoms with Gasteiger partial charge in [-0.05, 0) is 20.4 Å². The molecule has 102 valence electrons. The molecule has 0 spiro atoms. The summed E-state index contributed by atoms with van der Waals surface area (Å²) in [5.74, 6) is 0.490. The van der Waals surface area contributed by atoms with Crippen LogP contribution >= 0.6 is 22.9 Å². The standard InChI is InChI=1S/C12H20ClN3OS/c1-4-5-14-11(17)7-16(3)9(2)12-15-10(6-13)8-18-12/h8-9H,4-7H2,1-3H3,(H,14,17). The third-order valence-electron chi connectivity index (χ3n) is 2.69. The van der Waals surface area contributed by atoms with Crippen LogP contribution < -0.4 is 5.32 Å². The molecule has 1 amide bonds. The van der Waals surface area contributed by atoms with Gasteiger partial charge in [0.05, 0.1) is 24.2 Å². The zero-order valence-electron chi connectivity index (χ0n) is 11.1. The number of carbonyl (C=O) groups is 1. The Bertz CT molecular complexity index is 383. The average molecular weight is 290 g/mol. The van der Waals surface area contributed by atoms with Crippen LogP contribution in [0.4, 0.5) is 0 Å². The first-order valence-electron chi connectivity index (χ1n) is 6.05. The molecule has 0 aliphatic rings. The van der Waals surface area contributed by atoms with E-state index in [1.807, 2.05) is 31.2 Å². The number of nitrogens with zero attached hydrogens (tertiary/aromatic N) is 2. The highest BCUT2D eigenvalue weighted by Gasteiger charge is 2.17. The molecule has 1 aromatic rings. The van der Waals surface area contributed by atoms with Gasteiger partial charge in [-0.25, -0.2) is 4.98 Å². The summed E-state index contributed by atoms with van der Waals surface area (Å²) < 4.78 is 0. The van der Waals surface area contributed by atoms with Crippen molar-refractivity contribution >= 4 is 28.8 Å². The normalized spacial score (nSPS) is 12.7. The van der Waals surface area contributed by atoms with Crippen LogP contribution in [0.15, 0.2) is 5.38 Å². The molecular formula is C12H20ClN3OS. The van der Waals surface area contributed by atoms with Gasteiger partial charge in [-0.2, -0.15) is 0 Å². The van der Waals surface area contributed by atoms with Crippen molar-refractivity contribution in [1.29, 1.82) is 0 Å². The minimum Gasteiger partial charge on any atom is -0.355 e. The number of hydrogen-bond acceptors (Lipinski definition) is 4. The number of halogens is 1. The summed E-state index contributed by atoms with van der Waals surface area (Å²) in [6.45, 7) is 5.20. The van der Waals surface area contributed by atoms with Gasteiger partial charge in [0.25, 0.3) is 0 Å². The fraction of sp³-hybridized carbons (Fsp3) is 0.667. The molecule has 0 bridgehead atoms. The van der Waals surface area contributed by atoms with Crippen molar-refractivity contribution in [2.24, 2.45) is 0 Å². The minimum atomic E-state index is 0.0559. The summed E-state index contributed by atoms with van der Waals surface area (Å²) in [6.07, 6.45) is 0.955. The highest BCUT2D eigenvalue weighted by Crippen LogP contribution is 2.22. The van der Waals surface area contributed by atoms with Gasteiger partial charge in [-0.3, -0.25) is 9.69 Å². The van der Waals surface area contributed by atoms with Gasteiger partial charge < -0.3 is 5.32 Å². The molecule has 0 radical (unpaired) electrons. The fourth-order valence-corrected chi connectivity index (χ4v) is 2.62. The van der Waals surface area contributed by atoms with Crippen LogP contribution in [0.25, 0.3) is 0 Å². The first-order chi connectivity index (χ1) is 8.58. The molecule has 6 heteroatoms. The lowest BCUT2D eigenvalue weighted by Gasteiger charge is -2.22. The molecule has 1 unspecified atom stereocenters. The van der Waals surface area contributed by atoms with Gasteiger partial charge in [-0.1, -0.05) is 6.92 Å². The Hall–Kier alpha value is -0.650. The van der Waals surface area contributed by atoms with E-state index in [2.05, 4.69) is 10.3 Å². The number of likely N-dealkylation sites (N-methyl/N-ethyl adjacent to an activating group) is 1. The summed E-state index contributed by atoms with van der Waals surface area (Å²) in [5, 5.41) is 5.83. The predicted octanol–water partition coefficient (Wildman–Crippen LogP) is 2.40. The lowest BCUT2D eigenvalue weighted by molar-refractivity contribution is -0.122. The van der Waals surface area contributed by atoms with Gasteiger partial charge in [0.1, 0.15) is 5.01 Å². The SMILES string of the molecule is CCCNC(=O)CN(C)C(C)c1nc(CCl)cs1. The maximum Gasteiger partial charge on any atom is 0.234 e. The Morgan fingerprint density at radius 2 is 2.39 bits per heavy atom. The summed E-state index contributed by atoms with van der Waals surface area (Å²) in [4.78, 5) is 18.0. The largest absolute Gasteiger partial charge is 0.355 e. The van der Waals surface area contributed by atoms with Crippen molar-refractivity contribution in [3.63, 3.8) is 0 Å². The monoisotopic (exact) mass is 289 g/mol. The van der Waals surface area contributed by atoms with Gasteiger partial charge in [-0.15, -0.1) is 22.9 Å². The maximum atomic E-state index is 11.6. The number of thiazole rings is 1. The Kier molecular flexibility index (Phi) is 6.60. The summed E-state index contributed by atoms with van der Waals surface area (Å²) in [7, 11) is 1.93. The van der Waals surface area contributed by atoms with Crippen LogP contribution in [0.1, 0.15) is 37.0 Å².